The van der Waals surface area contributed by atoms with E-state index >= 15 is 0 Å². The summed E-state index contributed by atoms with van der Waals surface area (Å²) in [5.41, 5.74) is 9.11. The number of nitrogens with two attached hydrogens (primary N) is 1. The SMILES string of the molecule is CCCC(C)C(N)c1ccc(C2CCC2)cc1. The van der Waals surface area contributed by atoms with Crippen molar-refractivity contribution in [2.24, 2.45) is 11.7 Å². The quantitative estimate of drug-likeness (QED) is 0.799. The van der Waals surface area contributed by atoms with Gasteiger partial charge in [0.2, 0.25) is 0 Å². The van der Waals surface area contributed by atoms with Crippen molar-refractivity contribution in [2.75, 3.05) is 0 Å². The molecule has 2 N–H and O–H groups in total. The van der Waals surface area contributed by atoms with Crippen LogP contribution in [0, 0.1) is 5.92 Å². The van der Waals surface area contributed by atoms with E-state index in [0.717, 1.165) is 5.92 Å². The lowest BCUT2D eigenvalue weighted by atomic mass is 9.79. The molecule has 0 radical (unpaired) electrons. The van der Waals surface area contributed by atoms with Gasteiger partial charge in [-0.25, -0.2) is 0 Å². The Balaban J connectivity index is 2.01. The molecule has 0 bridgehead atoms. The topological polar surface area (TPSA) is 26.0 Å². The molecule has 1 heteroatoms. The number of hydrogen-bond donors (Lipinski definition) is 1. The average Bonchev–Trinajstić information content (AvgIpc) is 2.27. The van der Waals surface area contributed by atoms with Crippen LogP contribution in [0.15, 0.2) is 24.3 Å². The van der Waals surface area contributed by atoms with Crippen LogP contribution in [0.1, 0.15) is 69.0 Å². The minimum Gasteiger partial charge on any atom is -0.324 e. The van der Waals surface area contributed by atoms with Crippen molar-refractivity contribution in [3.05, 3.63) is 35.4 Å². The molecule has 1 fully saturated rings. The summed E-state index contributed by atoms with van der Waals surface area (Å²) in [6.45, 7) is 4.48. The first-order valence-corrected chi connectivity index (χ1v) is 7.07. The Morgan fingerprint density at radius 2 is 1.88 bits per heavy atom. The van der Waals surface area contributed by atoms with Crippen LogP contribution in [0.5, 0.6) is 0 Å². The number of rotatable bonds is 5. The lowest BCUT2D eigenvalue weighted by Gasteiger charge is -2.26. The molecular formula is C16H25N. The van der Waals surface area contributed by atoms with E-state index in [9.17, 15) is 0 Å². The van der Waals surface area contributed by atoms with Crippen molar-refractivity contribution < 1.29 is 0 Å². The zero-order valence-corrected chi connectivity index (χ0v) is 11.2. The molecule has 17 heavy (non-hydrogen) atoms. The second-order valence-electron chi connectivity index (χ2n) is 5.59. The van der Waals surface area contributed by atoms with Gasteiger partial charge < -0.3 is 5.73 Å². The zero-order chi connectivity index (χ0) is 12.3. The second-order valence-corrected chi connectivity index (χ2v) is 5.59. The molecule has 1 saturated carbocycles. The van der Waals surface area contributed by atoms with E-state index in [4.69, 9.17) is 5.73 Å². The molecule has 2 atom stereocenters. The highest BCUT2D eigenvalue weighted by Gasteiger charge is 2.20. The third-order valence-electron chi connectivity index (χ3n) is 4.26. The summed E-state index contributed by atoms with van der Waals surface area (Å²) < 4.78 is 0. The largest absolute Gasteiger partial charge is 0.324 e. The van der Waals surface area contributed by atoms with Crippen molar-refractivity contribution in [3.63, 3.8) is 0 Å². The minimum absolute atomic E-state index is 0.199. The molecule has 1 aliphatic rings. The predicted octanol–water partition coefficient (Wildman–Crippen LogP) is 4.39. The first-order chi connectivity index (χ1) is 8.22. The van der Waals surface area contributed by atoms with Crippen molar-refractivity contribution in [1.29, 1.82) is 0 Å². The van der Waals surface area contributed by atoms with Crippen LogP contribution in [0.3, 0.4) is 0 Å². The van der Waals surface area contributed by atoms with E-state index in [0.29, 0.717) is 5.92 Å². The highest BCUT2D eigenvalue weighted by Crippen LogP contribution is 2.36. The van der Waals surface area contributed by atoms with Crippen LogP contribution in [0.25, 0.3) is 0 Å². The Bertz CT molecular complexity index is 337. The van der Waals surface area contributed by atoms with E-state index in [1.807, 2.05) is 0 Å². The van der Waals surface area contributed by atoms with Gasteiger partial charge in [-0.3, -0.25) is 0 Å². The molecule has 1 aromatic rings. The Morgan fingerprint density at radius 3 is 2.35 bits per heavy atom. The van der Waals surface area contributed by atoms with Gasteiger partial charge in [0, 0.05) is 6.04 Å². The lowest BCUT2D eigenvalue weighted by Crippen LogP contribution is -2.19. The molecule has 1 aliphatic carbocycles. The van der Waals surface area contributed by atoms with Gasteiger partial charge in [0.25, 0.3) is 0 Å². The zero-order valence-electron chi connectivity index (χ0n) is 11.2. The third-order valence-corrected chi connectivity index (χ3v) is 4.26. The predicted molar refractivity (Wildman–Crippen MR) is 74.0 cm³/mol. The summed E-state index contributed by atoms with van der Waals surface area (Å²) in [5, 5.41) is 0. The molecule has 0 aromatic heterocycles. The van der Waals surface area contributed by atoms with Gasteiger partial charge in [-0.2, -0.15) is 0 Å². The van der Waals surface area contributed by atoms with Crippen molar-refractivity contribution >= 4 is 0 Å². The molecule has 2 rings (SSSR count). The molecule has 94 valence electrons. The fourth-order valence-corrected chi connectivity index (χ4v) is 2.70. The van der Waals surface area contributed by atoms with Crippen LogP contribution in [-0.2, 0) is 0 Å². The second kappa shape index (κ2) is 5.68. The molecule has 1 nitrogen and oxygen atoms in total. The normalized spacial score (nSPS) is 19.7. The summed E-state index contributed by atoms with van der Waals surface area (Å²) in [4.78, 5) is 0. The van der Waals surface area contributed by atoms with Crippen molar-refractivity contribution in [2.45, 2.75) is 57.9 Å². The smallest absolute Gasteiger partial charge is 0.0320 e. The minimum atomic E-state index is 0.199. The standard InChI is InChI=1S/C16H25N/c1-3-5-12(2)16(17)15-10-8-14(9-11-15)13-6-4-7-13/h8-13,16H,3-7,17H2,1-2H3. The van der Waals surface area contributed by atoms with E-state index in [1.165, 1.54) is 43.2 Å². The van der Waals surface area contributed by atoms with Gasteiger partial charge in [0.15, 0.2) is 0 Å². The van der Waals surface area contributed by atoms with Crippen LogP contribution in [0.2, 0.25) is 0 Å². The molecule has 0 aliphatic heterocycles. The fraction of sp³-hybridized carbons (Fsp3) is 0.625. The fourth-order valence-electron chi connectivity index (χ4n) is 2.70. The Kier molecular flexibility index (Phi) is 4.22. The van der Waals surface area contributed by atoms with E-state index in [1.54, 1.807) is 0 Å². The molecule has 0 spiro atoms. The summed E-state index contributed by atoms with van der Waals surface area (Å²) in [6.07, 6.45) is 6.58. The van der Waals surface area contributed by atoms with Gasteiger partial charge >= 0.3 is 0 Å². The summed E-state index contributed by atoms with van der Waals surface area (Å²) in [7, 11) is 0. The first kappa shape index (κ1) is 12.6. The summed E-state index contributed by atoms with van der Waals surface area (Å²) >= 11 is 0. The third kappa shape index (κ3) is 2.90. The van der Waals surface area contributed by atoms with E-state index in [2.05, 4.69) is 38.1 Å². The Hall–Kier alpha value is -0.820. The van der Waals surface area contributed by atoms with Crippen LogP contribution in [0.4, 0.5) is 0 Å². The monoisotopic (exact) mass is 231 g/mol. The molecular weight excluding hydrogens is 206 g/mol. The number of benzene rings is 1. The summed E-state index contributed by atoms with van der Waals surface area (Å²) in [5.74, 6) is 1.41. The van der Waals surface area contributed by atoms with Crippen LogP contribution >= 0.6 is 0 Å². The van der Waals surface area contributed by atoms with Crippen LogP contribution < -0.4 is 5.73 Å². The molecule has 0 saturated heterocycles. The molecule has 0 amide bonds. The van der Waals surface area contributed by atoms with Crippen LogP contribution in [-0.4, -0.2) is 0 Å². The van der Waals surface area contributed by atoms with Crippen molar-refractivity contribution in [1.82, 2.24) is 0 Å². The van der Waals surface area contributed by atoms with Gasteiger partial charge in [0.05, 0.1) is 0 Å². The van der Waals surface area contributed by atoms with Gasteiger partial charge in [0.1, 0.15) is 0 Å². The first-order valence-electron chi connectivity index (χ1n) is 7.07. The average molecular weight is 231 g/mol. The maximum Gasteiger partial charge on any atom is 0.0320 e. The maximum absolute atomic E-state index is 6.30. The highest BCUT2D eigenvalue weighted by molar-refractivity contribution is 5.28. The van der Waals surface area contributed by atoms with E-state index in [-0.39, 0.29) is 6.04 Å². The van der Waals surface area contributed by atoms with Crippen molar-refractivity contribution in [3.8, 4) is 0 Å². The molecule has 0 heterocycles. The molecule has 2 unspecified atom stereocenters. The Labute approximate surface area is 105 Å². The van der Waals surface area contributed by atoms with Gasteiger partial charge in [-0.15, -0.1) is 0 Å². The van der Waals surface area contributed by atoms with E-state index < -0.39 is 0 Å². The highest BCUT2D eigenvalue weighted by atomic mass is 14.6. The van der Waals surface area contributed by atoms with Gasteiger partial charge in [-0.1, -0.05) is 51.0 Å². The number of hydrogen-bond acceptors (Lipinski definition) is 1. The maximum atomic E-state index is 6.30. The Morgan fingerprint density at radius 1 is 1.24 bits per heavy atom. The lowest BCUT2D eigenvalue weighted by molar-refractivity contribution is 0.418. The van der Waals surface area contributed by atoms with Gasteiger partial charge in [-0.05, 0) is 42.2 Å². The molecule has 1 aromatic carbocycles. The summed E-state index contributed by atoms with van der Waals surface area (Å²) in [6, 6.07) is 9.26.